The number of carbonyl (C=O) groups is 2. The van der Waals surface area contributed by atoms with Gasteiger partial charge < -0.3 is 20.1 Å². The Morgan fingerprint density at radius 2 is 1.78 bits per heavy atom. The van der Waals surface area contributed by atoms with Crippen LogP contribution in [0.2, 0.25) is 0 Å². The maximum atomic E-state index is 14.2. The molecule has 0 bridgehead atoms. The Balaban J connectivity index is 1.61. The maximum absolute atomic E-state index is 14.2. The largest absolute Gasteiger partial charge is 0.478 e. The molecule has 4 saturated carbocycles. The summed E-state index contributed by atoms with van der Waals surface area (Å²) in [5.74, 6) is -1.83. The van der Waals surface area contributed by atoms with Gasteiger partial charge >= 0.3 is 5.97 Å². The number of ether oxygens (including phenoxy) is 1. The van der Waals surface area contributed by atoms with Crippen molar-refractivity contribution in [1.82, 2.24) is 0 Å². The zero-order valence-electron chi connectivity index (χ0n) is 23.0. The molecule has 3 N–H and O–H groups in total. The molecule has 5 aliphatic rings. The lowest BCUT2D eigenvalue weighted by Gasteiger charge is -2.62. The molecule has 6 heteroatoms. The van der Waals surface area contributed by atoms with E-state index in [1.165, 1.54) is 0 Å². The maximum Gasteiger partial charge on any atom is 0.331 e. The molecule has 4 aliphatic carbocycles. The van der Waals surface area contributed by atoms with E-state index in [0.717, 1.165) is 12.8 Å². The van der Waals surface area contributed by atoms with Crippen molar-refractivity contribution in [3.8, 4) is 0 Å². The average molecular weight is 501 g/mol. The fourth-order valence-corrected chi connectivity index (χ4v) is 10.4. The summed E-state index contributed by atoms with van der Waals surface area (Å²) in [4.78, 5) is 25.4. The van der Waals surface area contributed by atoms with Gasteiger partial charge in [-0.3, -0.25) is 4.79 Å². The summed E-state index contributed by atoms with van der Waals surface area (Å²) < 4.78 is 6.53. The third-order valence-corrected chi connectivity index (χ3v) is 12.7. The number of carboxylic acids is 1. The van der Waals surface area contributed by atoms with Crippen molar-refractivity contribution in [2.45, 2.75) is 111 Å². The minimum absolute atomic E-state index is 0.0394. The molecule has 0 aromatic rings. The van der Waals surface area contributed by atoms with Gasteiger partial charge in [0.05, 0.1) is 11.5 Å². The first kappa shape index (κ1) is 26.1. The highest BCUT2D eigenvalue weighted by molar-refractivity contribution is 5.91. The molecule has 5 rings (SSSR count). The molecule has 5 fully saturated rings. The van der Waals surface area contributed by atoms with Crippen molar-refractivity contribution in [2.75, 3.05) is 0 Å². The van der Waals surface area contributed by atoms with Gasteiger partial charge in [0.15, 0.2) is 5.79 Å². The number of aliphatic hydroxyl groups is 2. The highest BCUT2D eigenvalue weighted by Gasteiger charge is 2.97. The SMILES string of the molecule is C/C(=C\C=C/[C@@H](C)[C@@]1(C)C[C@]2(O)O[C@]23[C@]1(C)CCC(=O)[C@@]31CC[C@@H]2C(C)(C)[C@@H](O)CC[C@@]21C)C(=O)O. The fraction of sp³-hybridized carbons (Fsp3) is 0.800. The van der Waals surface area contributed by atoms with Crippen molar-refractivity contribution in [1.29, 1.82) is 0 Å². The number of hydrogen-bond donors (Lipinski definition) is 3. The number of aliphatic hydroxyl groups excluding tert-OH is 1. The molecular weight excluding hydrogens is 456 g/mol. The van der Waals surface area contributed by atoms with Gasteiger partial charge in [0.1, 0.15) is 11.4 Å². The monoisotopic (exact) mass is 500 g/mol. The molecule has 0 radical (unpaired) electrons. The number of aliphatic carboxylic acids is 1. The number of hydrogen-bond acceptors (Lipinski definition) is 5. The van der Waals surface area contributed by atoms with Crippen LogP contribution in [0.4, 0.5) is 0 Å². The number of Topliss-reactive ketones (excluding diaryl/α,β-unsaturated/α-hetero) is 1. The van der Waals surface area contributed by atoms with E-state index in [9.17, 15) is 24.9 Å². The van der Waals surface area contributed by atoms with Crippen LogP contribution in [0, 0.1) is 38.9 Å². The van der Waals surface area contributed by atoms with E-state index in [-0.39, 0.29) is 39.4 Å². The van der Waals surface area contributed by atoms with Crippen LogP contribution in [0.3, 0.4) is 0 Å². The van der Waals surface area contributed by atoms with E-state index in [1.807, 2.05) is 12.2 Å². The number of ketones is 1. The predicted molar refractivity (Wildman–Crippen MR) is 136 cm³/mol. The second-order valence-electron chi connectivity index (χ2n) is 14.0. The number of rotatable bonds is 4. The first-order valence-electron chi connectivity index (χ1n) is 13.7. The molecular formula is C30H44O6. The normalized spacial score (nSPS) is 52.2. The lowest BCUT2D eigenvalue weighted by Crippen LogP contribution is -2.68. The minimum Gasteiger partial charge on any atom is -0.478 e. The molecule has 6 nitrogen and oxygen atoms in total. The zero-order valence-corrected chi connectivity index (χ0v) is 23.0. The average Bonchev–Trinajstić information content (AvgIpc) is 3.20. The van der Waals surface area contributed by atoms with Gasteiger partial charge in [0, 0.05) is 23.8 Å². The first-order valence-corrected chi connectivity index (χ1v) is 13.7. The predicted octanol–water partition coefficient (Wildman–Crippen LogP) is 5.03. The Hall–Kier alpha value is -1.50. The van der Waals surface area contributed by atoms with E-state index in [4.69, 9.17) is 4.74 Å². The van der Waals surface area contributed by atoms with Crippen LogP contribution in [-0.4, -0.2) is 44.6 Å². The van der Waals surface area contributed by atoms with Crippen LogP contribution < -0.4 is 0 Å². The first-order chi connectivity index (χ1) is 16.5. The van der Waals surface area contributed by atoms with Crippen LogP contribution in [0.1, 0.15) is 93.4 Å². The Bertz CT molecular complexity index is 1080. The standard InChI is InChI=1S/C30H44O6/c1-18(23(33)34)9-8-10-19(2)26(6)17-29(35)30(36-29)27(26,7)15-13-22(32)28(30)16-11-20-24(3,4)21(31)12-14-25(20,28)5/h8-10,19-21,31,35H,11-17H2,1-7H3,(H,33,34)/b10-8-,18-9+/t19-,20-,21+,25+,26-,27-,28-,29+,30+/m1/s1. The summed E-state index contributed by atoms with van der Waals surface area (Å²) in [6.45, 7) is 14.7. The number of fused-ring (bicyclic) bond motifs is 2. The molecule has 200 valence electrons. The van der Waals surface area contributed by atoms with Gasteiger partial charge in [-0.1, -0.05) is 59.8 Å². The smallest absolute Gasteiger partial charge is 0.331 e. The van der Waals surface area contributed by atoms with Crippen LogP contribution in [-0.2, 0) is 14.3 Å². The molecule has 2 spiro atoms. The van der Waals surface area contributed by atoms with Crippen LogP contribution in [0.25, 0.3) is 0 Å². The number of allylic oxidation sites excluding steroid dienone is 3. The molecule has 9 atom stereocenters. The number of epoxide rings is 1. The van der Waals surface area contributed by atoms with E-state index >= 15 is 0 Å². The second-order valence-corrected chi connectivity index (χ2v) is 14.0. The lowest BCUT2D eigenvalue weighted by atomic mass is 9.39. The fourth-order valence-electron chi connectivity index (χ4n) is 10.4. The van der Waals surface area contributed by atoms with Gasteiger partial charge in [0.2, 0.25) is 0 Å². The second kappa shape index (κ2) is 7.33. The zero-order chi connectivity index (χ0) is 26.7. The lowest BCUT2D eigenvalue weighted by molar-refractivity contribution is -0.195. The molecule has 1 saturated heterocycles. The van der Waals surface area contributed by atoms with Gasteiger partial charge in [-0.15, -0.1) is 0 Å². The highest BCUT2D eigenvalue weighted by Crippen LogP contribution is 2.88. The number of carbonyl (C=O) groups excluding carboxylic acids is 1. The number of carboxylic acid groups (broad SMARTS) is 1. The van der Waals surface area contributed by atoms with E-state index in [0.29, 0.717) is 32.1 Å². The third kappa shape index (κ3) is 2.59. The minimum atomic E-state index is -1.35. The topological polar surface area (TPSA) is 107 Å². The summed E-state index contributed by atoms with van der Waals surface area (Å²) >= 11 is 0. The van der Waals surface area contributed by atoms with Gasteiger partial charge in [-0.25, -0.2) is 4.79 Å². The van der Waals surface area contributed by atoms with Crippen molar-refractivity contribution in [3.63, 3.8) is 0 Å². The molecule has 0 unspecified atom stereocenters. The Kier molecular flexibility index (Phi) is 5.32. The quantitative estimate of drug-likeness (QED) is 0.284. The van der Waals surface area contributed by atoms with Gasteiger partial charge in [0.25, 0.3) is 0 Å². The van der Waals surface area contributed by atoms with Crippen LogP contribution in [0.5, 0.6) is 0 Å². The van der Waals surface area contributed by atoms with Gasteiger partial charge in [-0.2, -0.15) is 0 Å². The van der Waals surface area contributed by atoms with Crippen LogP contribution >= 0.6 is 0 Å². The molecule has 0 aromatic carbocycles. The van der Waals surface area contributed by atoms with E-state index in [2.05, 4.69) is 41.5 Å². The molecule has 36 heavy (non-hydrogen) atoms. The molecule has 1 heterocycles. The summed E-state index contributed by atoms with van der Waals surface area (Å²) in [7, 11) is 0. The van der Waals surface area contributed by atoms with Crippen molar-refractivity contribution < 1.29 is 29.6 Å². The Morgan fingerprint density at radius 3 is 2.42 bits per heavy atom. The summed E-state index contributed by atoms with van der Waals surface area (Å²) in [6.07, 6.45) is 9.65. The van der Waals surface area contributed by atoms with Crippen molar-refractivity contribution in [3.05, 3.63) is 23.8 Å². The Labute approximate surface area is 215 Å². The van der Waals surface area contributed by atoms with Crippen LogP contribution in [0.15, 0.2) is 23.8 Å². The van der Waals surface area contributed by atoms with Gasteiger partial charge in [-0.05, 0) is 67.1 Å². The van der Waals surface area contributed by atoms with E-state index in [1.54, 1.807) is 13.0 Å². The summed E-state index contributed by atoms with van der Waals surface area (Å²) in [5, 5.41) is 32.2. The highest BCUT2D eigenvalue weighted by atomic mass is 16.8. The molecule has 0 amide bonds. The Morgan fingerprint density at radius 1 is 1.11 bits per heavy atom. The molecule has 0 aromatic heterocycles. The third-order valence-electron chi connectivity index (χ3n) is 12.7. The van der Waals surface area contributed by atoms with Crippen molar-refractivity contribution in [2.24, 2.45) is 38.9 Å². The van der Waals surface area contributed by atoms with Crippen molar-refractivity contribution >= 4 is 11.8 Å². The molecule has 1 aliphatic heterocycles. The summed E-state index contributed by atoms with van der Waals surface area (Å²) in [5.41, 5.74) is -2.87. The summed E-state index contributed by atoms with van der Waals surface area (Å²) in [6, 6.07) is 0. The van der Waals surface area contributed by atoms with E-state index < -0.39 is 34.3 Å².